The van der Waals surface area contributed by atoms with E-state index in [1.54, 1.807) is 29.6 Å². The smallest absolute Gasteiger partial charge is 0.282 e. The molecule has 3 atom stereocenters. The average Bonchev–Trinajstić information content (AvgIpc) is 3.58. The minimum atomic E-state index is -3.27. The van der Waals surface area contributed by atoms with Crippen LogP contribution in [0.3, 0.4) is 0 Å². The molecule has 0 bridgehead atoms. The second-order valence-electron chi connectivity index (χ2n) is 10.4. The maximum Gasteiger partial charge on any atom is 0.282 e. The van der Waals surface area contributed by atoms with Crippen molar-refractivity contribution in [3.8, 4) is 0 Å². The van der Waals surface area contributed by atoms with Crippen molar-refractivity contribution in [1.82, 2.24) is 0 Å². The normalized spacial score (nSPS) is 27.7. The van der Waals surface area contributed by atoms with Gasteiger partial charge in [0.25, 0.3) is 5.92 Å². The van der Waals surface area contributed by atoms with Crippen LogP contribution in [0.2, 0.25) is 0 Å². The van der Waals surface area contributed by atoms with Gasteiger partial charge < -0.3 is 10.5 Å². The fourth-order valence-corrected chi connectivity index (χ4v) is 8.49. The average molecular weight is 606 g/mol. The Bertz CT molecular complexity index is 1220. The number of halogens is 3. The van der Waals surface area contributed by atoms with E-state index in [-0.39, 0.29) is 16.4 Å². The van der Waals surface area contributed by atoms with Crippen molar-refractivity contribution in [2.75, 3.05) is 13.2 Å². The first-order valence-corrected chi connectivity index (χ1v) is 15.9. The molecule has 2 heterocycles. The zero-order valence-electron chi connectivity index (χ0n) is 25.6. The summed E-state index contributed by atoms with van der Waals surface area (Å²) in [5, 5.41) is -0.236. The number of hydrogen-bond donors (Lipinski definition) is 1. The number of hydrogen-bond acceptors (Lipinski definition) is 4. The molecule has 3 unspecified atom stereocenters. The standard InChI is InChI=1S/C30H36F3NOS2.C2H6.C2H4/c1-7-18(8-2)23-17-22-24-25(30(32,33)28(4,5)26(24)31)21-16-20(36-27(21)29(22,6)37-23)13-10-12-19(9-3)35-15-11-14-34;2*1-2/h7-10,12,16-17,26-27H,1,11,13-15,34H2,2-6H3;1-2H3;1-2H2/b12-10-,18-8+,19-9+;;. The maximum absolute atomic E-state index is 15.9. The Balaban J connectivity index is 0.00000141. The summed E-state index contributed by atoms with van der Waals surface area (Å²) in [6.45, 7) is 23.6. The maximum atomic E-state index is 15.9. The Hall–Kier alpha value is -2.09. The summed E-state index contributed by atoms with van der Waals surface area (Å²) in [5.41, 5.74) is 6.00. The highest BCUT2D eigenvalue weighted by molar-refractivity contribution is 8.08. The van der Waals surface area contributed by atoms with Gasteiger partial charge in [-0.2, -0.15) is 0 Å². The lowest BCUT2D eigenvalue weighted by atomic mass is 9.78. The van der Waals surface area contributed by atoms with Crippen LogP contribution in [0.4, 0.5) is 13.2 Å². The molecule has 4 aliphatic rings. The van der Waals surface area contributed by atoms with Gasteiger partial charge in [-0.25, -0.2) is 13.2 Å². The van der Waals surface area contributed by atoms with E-state index >= 15 is 13.2 Å². The minimum absolute atomic E-state index is 0.105. The summed E-state index contributed by atoms with van der Waals surface area (Å²) in [7, 11) is 0. The molecule has 0 amide bonds. The van der Waals surface area contributed by atoms with E-state index in [4.69, 9.17) is 10.5 Å². The van der Waals surface area contributed by atoms with Crippen LogP contribution in [0.25, 0.3) is 0 Å². The molecule has 4 rings (SSSR count). The van der Waals surface area contributed by atoms with E-state index < -0.39 is 22.3 Å². The van der Waals surface area contributed by atoms with Crippen molar-refractivity contribution >= 4 is 23.5 Å². The van der Waals surface area contributed by atoms with Crippen molar-refractivity contribution in [1.29, 1.82) is 0 Å². The lowest BCUT2D eigenvalue weighted by Crippen LogP contribution is -2.40. The number of nitrogens with two attached hydrogens (primary N) is 1. The predicted octanol–water partition coefficient (Wildman–Crippen LogP) is 10.2. The second-order valence-corrected chi connectivity index (χ2v) is 13.1. The first-order chi connectivity index (χ1) is 19.5. The van der Waals surface area contributed by atoms with Crippen LogP contribution in [0.1, 0.15) is 61.3 Å². The number of thioether (sulfide) groups is 2. The van der Waals surface area contributed by atoms with E-state index in [0.29, 0.717) is 30.7 Å². The van der Waals surface area contributed by atoms with Gasteiger partial charge in [0.2, 0.25) is 0 Å². The van der Waals surface area contributed by atoms with Gasteiger partial charge in [0.1, 0.15) is 11.9 Å². The Morgan fingerprint density at radius 1 is 1.12 bits per heavy atom. The summed E-state index contributed by atoms with van der Waals surface area (Å²) in [6.07, 6.45) is 12.9. The van der Waals surface area contributed by atoms with E-state index in [1.807, 2.05) is 64.2 Å². The summed E-state index contributed by atoms with van der Waals surface area (Å²) >= 11 is 3.25. The van der Waals surface area contributed by atoms with Crippen LogP contribution in [0, 0.1) is 5.41 Å². The highest BCUT2D eigenvalue weighted by atomic mass is 32.2. The van der Waals surface area contributed by atoms with E-state index in [9.17, 15) is 0 Å². The zero-order chi connectivity index (χ0) is 31.2. The number of alkyl halides is 3. The molecule has 226 valence electrons. The zero-order valence-corrected chi connectivity index (χ0v) is 27.2. The molecule has 0 saturated heterocycles. The van der Waals surface area contributed by atoms with Gasteiger partial charge in [-0.05, 0) is 86.1 Å². The minimum Gasteiger partial charge on any atom is -0.494 e. The number of fused-ring (bicyclic) bond motifs is 4. The molecule has 2 N–H and O–H groups in total. The van der Waals surface area contributed by atoms with Gasteiger partial charge in [0, 0.05) is 16.1 Å². The summed E-state index contributed by atoms with van der Waals surface area (Å²) in [4.78, 5) is 1.94. The Morgan fingerprint density at radius 2 is 1.78 bits per heavy atom. The molecule has 1 fully saturated rings. The van der Waals surface area contributed by atoms with Gasteiger partial charge in [-0.15, -0.1) is 36.7 Å². The lowest BCUT2D eigenvalue weighted by Gasteiger charge is -2.39. The Kier molecular flexibility index (Phi) is 12.3. The third kappa shape index (κ3) is 6.18. The molecule has 0 aromatic heterocycles. The number of allylic oxidation sites excluding steroid dienone is 11. The van der Waals surface area contributed by atoms with Gasteiger partial charge in [-0.1, -0.05) is 52.5 Å². The summed E-state index contributed by atoms with van der Waals surface area (Å²) in [6, 6.07) is 0. The first kappa shape index (κ1) is 35.1. The largest absolute Gasteiger partial charge is 0.494 e. The molecule has 0 spiro atoms. The first-order valence-electron chi connectivity index (χ1n) is 14.2. The molecule has 0 radical (unpaired) electrons. The molecular formula is C34H46F3NOS2. The van der Waals surface area contributed by atoms with E-state index in [2.05, 4.69) is 26.7 Å². The van der Waals surface area contributed by atoms with E-state index in [0.717, 1.165) is 27.6 Å². The number of rotatable bonds is 9. The van der Waals surface area contributed by atoms with Crippen LogP contribution in [-0.2, 0) is 4.74 Å². The SMILES string of the molecule is C=C.C=C/C(=C\C)C1=CC2=C3C(=C4C=C(C/C=C\C(=C/C)OCCCN)SC4C2(C)S1)C(F)(F)C(C)(C)C3F.CC. The Labute approximate surface area is 254 Å². The molecule has 2 aliphatic carbocycles. The van der Waals surface area contributed by atoms with Crippen molar-refractivity contribution in [3.63, 3.8) is 0 Å². The molecule has 1 saturated carbocycles. The van der Waals surface area contributed by atoms with Gasteiger partial charge in [-0.3, -0.25) is 0 Å². The second kappa shape index (κ2) is 14.4. The van der Waals surface area contributed by atoms with Crippen LogP contribution >= 0.6 is 23.5 Å². The summed E-state index contributed by atoms with van der Waals surface area (Å²) in [5.74, 6) is -2.52. The van der Waals surface area contributed by atoms with Gasteiger partial charge in [0.15, 0.2) is 0 Å². The van der Waals surface area contributed by atoms with Crippen LogP contribution in [0.15, 0.2) is 106 Å². The molecular weight excluding hydrogens is 560 g/mol. The summed E-state index contributed by atoms with van der Waals surface area (Å²) < 4.78 is 52.9. The quantitative estimate of drug-likeness (QED) is 0.123. The van der Waals surface area contributed by atoms with Gasteiger partial charge >= 0.3 is 0 Å². The molecule has 41 heavy (non-hydrogen) atoms. The number of ether oxygens (including phenoxy) is 1. The fraction of sp³-hybridized carbons (Fsp3) is 0.471. The monoisotopic (exact) mass is 605 g/mol. The molecule has 0 aromatic carbocycles. The topological polar surface area (TPSA) is 35.2 Å². The molecule has 7 heteroatoms. The molecule has 2 aliphatic heterocycles. The van der Waals surface area contributed by atoms with Crippen LogP contribution < -0.4 is 5.73 Å². The highest BCUT2D eigenvalue weighted by Gasteiger charge is 2.68. The predicted molar refractivity (Wildman–Crippen MR) is 175 cm³/mol. The Morgan fingerprint density at radius 3 is 2.34 bits per heavy atom. The van der Waals surface area contributed by atoms with Crippen molar-refractivity contribution in [3.05, 3.63) is 106 Å². The fourth-order valence-electron chi connectivity index (χ4n) is 5.39. The van der Waals surface area contributed by atoms with Crippen molar-refractivity contribution in [2.45, 2.75) is 83.4 Å². The van der Waals surface area contributed by atoms with Crippen LogP contribution in [0.5, 0.6) is 0 Å². The van der Waals surface area contributed by atoms with Crippen LogP contribution in [-0.4, -0.2) is 35.2 Å². The molecule has 2 nitrogen and oxygen atoms in total. The lowest BCUT2D eigenvalue weighted by molar-refractivity contribution is -0.0741. The third-order valence-electron chi connectivity index (χ3n) is 7.68. The van der Waals surface area contributed by atoms with Crippen molar-refractivity contribution in [2.24, 2.45) is 11.1 Å². The molecule has 0 aromatic rings. The third-order valence-corrected chi connectivity index (χ3v) is 10.8. The highest BCUT2D eigenvalue weighted by Crippen LogP contribution is 2.69. The van der Waals surface area contributed by atoms with Crippen molar-refractivity contribution < 1.29 is 17.9 Å². The van der Waals surface area contributed by atoms with E-state index in [1.165, 1.54) is 13.8 Å². The van der Waals surface area contributed by atoms with Gasteiger partial charge in [0.05, 0.1) is 22.0 Å².